The maximum absolute atomic E-state index is 13.4. The van der Waals surface area contributed by atoms with Crippen LogP contribution in [0.4, 0.5) is 0 Å². The number of fused-ring (bicyclic) bond motifs is 2. The molecule has 2 heterocycles. The van der Waals surface area contributed by atoms with E-state index in [0.29, 0.717) is 13.2 Å². The fraction of sp³-hybridized carbons (Fsp3) is 0.350. The standard InChI is InChI=1S/C20H21NO2/c1-14-17-9-5-3-8-16(17)13-21(14)19(22)20(2)18-10-6-4-7-15(18)11-12-23-20/h3-10,14H,11-13H2,1-2H3. The largest absolute Gasteiger partial charge is 0.360 e. The van der Waals surface area contributed by atoms with E-state index in [-0.39, 0.29) is 11.9 Å². The third-order valence-corrected chi connectivity index (χ3v) is 5.28. The Morgan fingerprint density at radius 1 is 1.13 bits per heavy atom. The molecule has 0 saturated heterocycles. The molecule has 4 rings (SSSR count). The van der Waals surface area contributed by atoms with Crippen LogP contribution in [-0.4, -0.2) is 17.4 Å². The second-order valence-electron chi connectivity index (χ2n) is 6.60. The number of ether oxygens (including phenoxy) is 1. The minimum atomic E-state index is -0.884. The molecule has 3 heteroatoms. The molecule has 2 aromatic rings. The van der Waals surface area contributed by atoms with Gasteiger partial charge in [-0.15, -0.1) is 0 Å². The highest BCUT2D eigenvalue weighted by atomic mass is 16.5. The van der Waals surface area contributed by atoms with Gasteiger partial charge in [0.1, 0.15) is 0 Å². The molecule has 0 spiro atoms. The van der Waals surface area contributed by atoms with Crippen molar-refractivity contribution in [3.05, 3.63) is 70.8 Å². The van der Waals surface area contributed by atoms with Crippen LogP contribution < -0.4 is 0 Å². The van der Waals surface area contributed by atoms with Gasteiger partial charge in [-0.2, -0.15) is 0 Å². The molecule has 0 aromatic heterocycles. The van der Waals surface area contributed by atoms with Gasteiger partial charge in [-0.25, -0.2) is 0 Å². The number of amides is 1. The highest BCUT2D eigenvalue weighted by molar-refractivity contribution is 5.88. The lowest BCUT2D eigenvalue weighted by atomic mass is 9.86. The quantitative estimate of drug-likeness (QED) is 0.806. The van der Waals surface area contributed by atoms with Gasteiger partial charge in [-0.3, -0.25) is 4.79 Å². The molecule has 0 radical (unpaired) electrons. The Kier molecular flexibility index (Phi) is 3.27. The van der Waals surface area contributed by atoms with Crippen LogP contribution in [0.1, 0.15) is 42.1 Å². The molecule has 0 N–H and O–H groups in total. The zero-order valence-electron chi connectivity index (χ0n) is 13.6. The topological polar surface area (TPSA) is 29.5 Å². The number of benzene rings is 2. The SMILES string of the molecule is CC1c2ccccc2CN1C(=O)C1(C)OCCc2ccccc21. The van der Waals surface area contributed by atoms with Crippen LogP contribution in [0.15, 0.2) is 48.5 Å². The Bertz CT molecular complexity index is 770. The maximum atomic E-state index is 13.4. The number of carbonyl (C=O) groups is 1. The number of carbonyl (C=O) groups excluding carboxylic acids is 1. The molecule has 2 aromatic carbocycles. The lowest BCUT2D eigenvalue weighted by Gasteiger charge is -2.38. The highest BCUT2D eigenvalue weighted by Gasteiger charge is 2.45. The summed E-state index contributed by atoms with van der Waals surface area (Å²) >= 11 is 0. The summed E-state index contributed by atoms with van der Waals surface area (Å²) in [5, 5.41) is 0. The first-order valence-electron chi connectivity index (χ1n) is 8.22. The van der Waals surface area contributed by atoms with Crippen molar-refractivity contribution in [1.29, 1.82) is 0 Å². The summed E-state index contributed by atoms with van der Waals surface area (Å²) in [6.45, 7) is 5.27. The van der Waals surface area contributed by atoms with Crippen LogP contribution in [-0.2, 0) is 28.1 Å². The zero-order chi connectivity index (χ0) is 16.0. The van der Waals surface area contributed by atoms with Crippen molar-refractivity contribution in [1.82, 2.24) is 4.90 Å². The Hall–Kier alpha value is -2.13. The molecule has 2 aliphatic rings. The van der Waals surface area contributed by atoms with Crippen LogP contribution in [0, 0.1) is 0 Å². The second-order valence-corrected chi connectivity index (χ2v) is 6.60. The summed E-state index contributed by atoms with van der Waals surface area (Å²) in [5.41, 5.74) is 3.83. The maximum Gasteiger partial charge on any atom is 0.259 e. The summed E-state index contributed by atoms with van der Waals surface area (Å²) in [6.07, 6.45) is 0.870. The van der Waals surface area contributed by atoms with E-state index in [1.165, 1.54) is 16.7 Å². The Morgan fingerprint density at radius 3 is 2.61 bits per heavy atom. The van der Waals surface area contributed by atoms with E-state index in [2.05, 4.69) is 25.1 Å². The smallest absolute Gasteiger partial charge is 0.259 e. The van der Waals surface area contributed by atoms with Crippen molar-refractivity contribution >= 4 is 5.91 Å². The van der Waals surface area contributed by atoms with Crippen molar-refractivity contribution in [3.8, 4) is 0 Å². The van der Waals surface area contributed by atoms with Gasteiger partial charge in [0.25, 0.3) is 5.91 Å². The summed E-state index contributed by atoms with van der Waals surface area (Å²) in [4.78, 5) is 15.3. The number of hydrogen-bond acceptors (Lipinski definition) is 2. The Balaban J connectivity index is 1.71. The fourth-order valence-electron chi connectivity index (χ4n) is 3.92. The average Bonchev–Trinajstić information content (AvgIpc) is 2.92. The number of hydrogen-bond donors (Lipinski definition) is 0. The third-order valence-electron chi connectivity index (χ3n) is 5.28. The molecule has 2 unspecified atom stereocenters. The molecule has 1 amide bonds. The van der Waals surface area contributed by atoms with Gasteiger partial charge >= 0.3 is 0 Å². The third kappa shape index (κ3) is 2.11. The van der Waals surface area contributed by atoms with Crippen molar-refractivity contribution in [2.24, 2.45) is 0 Å². The van der Waals surface area contributed by atoms with Gasteiger partial charge in [-0.05, 0) is 42.5 Å². The molecule has 118 valence electrons. The number of nitrogens with zero attached hydrogens (tertiary/aromatic N) is 1. The van der Waals surface area contributed by atoms with Crippen molar-refractivity contribution in [2.45, 2.75) is 38.5 Å². The van der Waals surface area contributed by atoms with Crippen molar-refractivity contribution < 1.29 is 9.53 Å². The average molecular weight is 307 g/mol. The Morgan fingerprint density at radius 2 is 1.83 bits per heavy atom. The lowest BCUT2D eigenvalue weighted by molar-refractivity contribution is -0.162. The van der Waals surface area contributed by atoms with Crippen LogP contribution in [0.3, 0.4) is 0 Å². The van der Waals surface area contributed by atoms with Gasteiger partial charge in [0, 0.05) is 6.54 Å². The van der Waals surface area contributed by atoms with Crippen LogP contribution in [0.5, 0.6) is 0 Å². The van der Waals surface area contributed by atoms with Crippen molar-refractivity contribution in [3.63, 3.8) is 0 Å². The van der Waals surface area contributed by atoms with Crippen LogP contribution in [0.2, 0.25) is 0 Å². The molecule has 0 saturated carbocycles. The minimum absolute atomic E-state index is 0.0633. The first-order valence-corrected chi connectivity index (χ1v) is 8.22. The molecule has 0 aliphatic carbocycles. The molecule has 2 atom stereocenters. The lowest BCUT2D eigenvalue weighted by Crippen LogP contribution is -2.48. The predicted molar refractivity (Wildman–Crippen MR) is 88.9 cm³/mol. The van der Waals surface area contributed by atoms with E-state index < -0.39 is 5.60 Å². The van der Waals surface area contributed by atoms with Crippen molar-refractivity contribution in [2.75, 3.05) is 6.61 Å². The minimum Gasteiger partial charge on any atom is -0.360 e. The van der Waals surface area contributed by atoms with Gasteiger partial charge < -0.3 is 9.64 Å². The van der Waals surface area contributed by atoms with Gasteiger partial charge in [0.2, 0.25) is 0 Å². The fourth-order valence-corrected chi connectivity index (χ4v) is 3.92. The molecular formula is C20H21NO2. The summed E-state index contributed by atoms with van der Waals surface area (Å²) in [6, 6.07) is 16.5. The van der Waals surface area contributed by atoms with Gasteiger partial charge in [0.05, 0.1) is 12.6 Å². The van der Waals surface area contributed by atoms with Gasteiger partial charge in [-0.1, -0.05) is 48.5 Å². The normalized spacial score (nSPS) is 25.8. The molecule has 3 nitrogen and oxygen atoms in total. The number of rotatable bonds is 1. The monoisotopic (exact) mass is 307 g/mol. The molecule has 0 fully saturated rings. The van der Waals surface area contributed by atoms with Crippen LogP contribution >= 0.6 is 0 Å². The van der Waals surface area contributed by atoms with Crippen LogP contribution in [0.25, 0.3) is 0 Å². The summed E-state index contributed by atoms with van der Waals surface area (Å²) in [7, 11) is 0. The van der Waals surface area contributed by atoms with E-state index in [0.717, 1.165) is 12.0 Å². The summed E-state index contributed by atoms with van der Waals surface area (Å²) < 4.78 is 6.02. The first-order chi connectivity index (χ1) is 11.1. The van der Waals surface area contributed by atoms with E-state index in [1.807, 2.05) is 42.2 Å². The van der Waals surface area contributed by atoms with E-state index in [4.69, 9.17) is 4.74 Å². The summed E-state index contributed by atoms with van der Waals surface area (Å²) in [5.74, 6) is 0.0633. The first kappa shape index (κ1) is 14.5. The van der Waals surface area contributed by atoms with E-state index in [9.17, 15) is 4.79 Å². The van der Waals surface area contributed by atoms with Gasteiger partial charge in [0.15, 0.2) is 5.60 Å². The predicted octanol–water partition coefficient (Wildman–Crippen LogP) is 3.58. The second kappa shape index (κ2) is 5.20. The molecule has 2 aliphatic heterocycles. The highest BCUT2D eigenvalue weighted by Crippen LogP contribution is 2.40. The van der Waals surface area contributed by atoms with E-state index >= 15 is 0 Å². The molecule has 23 heavy (non-hydrogen) atoms. The Labute approximate surface area is 136 Å². The molecular weight excluding hydrogens is 286 g/mol. The molecule has 0 bridgehead atoms. The zero-order valence-corrected chi connectivity index (χ0v) is 13.6. The van der Waals surface area contributed by atoms with E-state index in [1.54, 1.807) is 0 Å².